The first-order valence-corrected chi connectivity index (χ1v) is 8.12. The molecule has 0 spiro atoms. The highest BCUT2D eigenvalue weighted by molar-refractivity contribution is 7.98. The van der Waals surface area contributed by atoms with E-state index in [9.17, 15) is 4.79 Å². The Morgan fingerprint density at radius 2 is 2.15 bits per heavy atom. The average molecular weight is 293 g/mol. The minimum Gasteiger partial charge on any atom is -0.478 e. The van der Waals surface area contributed by atoms with Crippen LogP contribution in [-0.2, 0) is 11.3 Å². The largest absolute Gasteiger partial charge is 0.478 e. The summed E-state index contributed by atoms with van der Waals surface area (Å²) >= 11 is 1.87. The van der Waals surface area contributed by atoms with E-state index < -0.39 is 5.97 Å². The summed E-state index contributed by atoms with van der Waals surface area (Å²) in [6, 6.07) is 8.45. The van der Waals surface area contributed by atoms with Gasteiger partial charge in [-0.15, -0.1) is 0 Å². The van der Waals surface area contributed by atoms with Crippen LogP contribution < -0.4 is 0 Å². The summed E-state index contributed by atoms with van der Waals surface area (Å²) in [4.78, 5) is 12.9. The standard InChI is InChI=1S/C16H23NO2S/c1-13(10-11-20-3)17(2)12-15-7-5-4-6-14(15)8-9-16(18)19/h4-9,13H,10-12H2,1-3H3,(H,18,19)/b9-8+. The van der Waals surface area contributed by atoms with E-state index >= 15 is 0 Å². The van der Waals surface area contributed by atoms with Crippen molar-refractivity contribution >= 4 is 23.8 Å². The molecule has 1 aromatic rings. The zero-order valence-corrected chi connectivity index (χ0v) is 13.2. The number of aliphatic carboxylic acids is 1. The van der Waals surface area contributed by atoms with Gasteiger partial charge in [0.25, 0.3) is 0 Å². The molecule has 4 heteroatoms. The smallest absolute Gasteiger partial charge is 0.328 e. The van der Waals surface area contributed by atoms with Crippen molar-refractivity contribution in [3.8, 4) is 0 Å². The van der Waals surface area contributed by atoms with Gasteiger partial charge in [-0.25, -0.2) is 4.79 Å². The summed E-state index contributed by atoms with van der Waals surface area (Å²) < 4.78 is 0. The number of nitrogens with zero attached hydrogens (tertiary/aromatic N) is 1. The summed E-state index contributed by atoms with van der Waals surface area (Å²) in [5, 5.41) is 8.73. The van der Waals surface area contributed by atoms with Crippen LogP contribution in [0, 0.1) is 0 Å². The molecule has 0 saturated heterocycles. The molecule has 0 aliphatic heterocycles. The number of carboxylic acid groups (broad SMARTS) is 1. The topological polar surface area (TPSA) is 40.5 Å². The molecule has 0 amide bonds. The van der Waals surface area contributed by atoms with Crippen LogP contribution in [0.25, 0.3) is 6.08 Å². The molecule has 0 aliphatic carbocycles. The van der Waals surface area contributed by atoms with Gasteiger partial charge in [0.15, 0.2) is 0 Å². The van der Waals surface area contributed by atoms with E-state index in [2.05, 4.69) is 31.2 Å². The van der Waals surface area contributed by atoms with Gasteiger partial charge < -0.3 is 5.11 Å². The summed E-state index contributed by atoms with van der Waals surface area (Å²) in [5.74, 6) is 0.244. The Hall–Kier alpha value is -1.26. The minimum atomic E-state index is -0.915. The summed E-state index contributed by atoms with van der Waals surface area (Å²) in [5.41, 5.74) is 2.13. The molecule has 1 atom stereocenters. The highest BCUT2D eigenvalue weighted by Crippen LogP contribution is 2.15. The maximum Gasteiger partial charge on any atom is 0.328 e. The fourth-order valence-corrected chi connectivity index (χ4v) is 2.51. The van der Waals surface area contributed by atoms with Crippen LogP contribution in [0.3, 0.4) is 0 Å². The maximum atomic E-state index is 10.6. The van der Waals surface area contributed by atoms with E-state index in [4.69, 9.17) is 5.11 Å². The SMILES string of the molecule is CSCCC(C)N(C)Cc1ccccc1/C=C/C(=O)O. The van der Waals surface area contributed by atoms with Gasteiger partial charge in [0.05, 0.1) is 0 Å². The number of thioether (sulfide) groups is 1. The van der Waals surface area contributed by atoms with Gasteiger partial charge >= 0.3 is 5.97 Å². The van der Waals surface area contributed by atoms with Crippen LogP contribution in [-0.4, -0.2) is 41.1 Å². The van der Waals surface area contributed by atoms with Crippen LogP contribution in [0.5, 0.6) is 0 Å². The zero-order chi connectivity index (χ0) is 15.0. The molecule has 110 valence electrons. The number of carboxylic acids is 1. The zero-order valence-electron chi connectivity index (χ0n) is 12.4. The van der Waals surface area contributed by atoms with Crippen molar-refractivity contribution in [2.24, 2.45) is 0 Å². The van der Waals surface area contributed by atoms with Crippen LogP contribution in [0.4, 0.5) is 0 Å². The molecule has 1 rings (SSSR count). The predicted molar refractivity (Wildman–Crippen MR) is 87.0 cm³/mol. The third-order valence-electron chi connectivity index (χ3n) is 3.37. The van der Waals surface area contributed by atoms with Crippen LogP contribution >= 0.6 is 11.8 Å². The molecule has 1 unspecified atom stereocenters. The Morgan fingerprint density at radius 3 is 2.80 bits per heavy atom. The number of hydrogen-bond donors (Lipinski definition) is 1. The van der Waals surface area contributed by atoms with Gasteiger partial charge in [0.1, 0.15) is 0 Å². The summed E-state index contributed by atoms with van der Waals surface area (Å²) in [6.45, 7) is 3.06. The molecule has 0 fully saturated rings. The van der Waals surface area contributed by atoms with Gasteiger partial charge in [-0.05, 0) is 49.6 Å². The Labute approximate surface area is 125 Å². The molecule has 0 aromatic heterocycles. The lowest BCUT2D eigenvalue weighted by atomic mass is 10.1. The highest BCUT2D eigenvalue weighted by atomic mass is 32.2. The number of carbonyl (C=O) groups is 1. The van der Waals surface area contributed by atoms with E-state index in [1.807, 2.05) is 30.0 Å². The Kier molecular flexibility index (Phi) is 7.41. The van der Waals surface area contributed by atoms with Gasteiger partial charge in [0.2, 0.25) is 0 Å². The molecule has 0 aliphatic rings. The van der Waals surface area contributed by atoms with Gasteiger partial charge in [-0.3, -0.25) is 4.90 Å². The van der Waals surface area contributed by atoms with Crippen LogP contribution in [0.2, 0.25) is 0 Å². The Bertz CT molecular complexity index is 460. The quantitative estimate of drug-likeness (QED) is 0.746. The van der Waals surface area contributed by atoms with E-state index in [-0.39, 0.29) is 0 Å². The van der Waals surface area contributed by atoms with Crippen molar-refractivity contribution in [3.63, 3.8) is 0 Å². The van der Waals surface area contributed by atoms with E-state index in [1.54, 1.807) is 6.08 Å². The first-order chi connectivity index (χ1) is 9.54. The van der Waals surface area contributed by atoms with E-state index in [0.29, 0.717) is 6.04 Å². The van der Waals surface area contributed by atoms with Crippen molar-refractivity contribution in [3.05, 3.63) is 41.5 Å². The minimum absolute atomic E-state index is 0.513. The van der Waals surface area contributed by atoms with Crippen LogP contribution in [0.1, 0.15) is 24.5 Å². The number of benzene rings is 1. The first-order valence-electron chi connectivity index (χ1n) is 6.72. The lowest BCUT2D eigenvalue weighted by Gasteiger charge is -2.25. The summed E-state index contributed by atoms with van der Waals surface area (Å²) in [6.07, 6.45) is 6.14. The van der Waals surface area contributed by atoms with Crippen molar-refractivity contribution in [1.82, 2.24) is 4.90 Å². The molecule has 1 aromatic carbocycles. The van der Waals surface area contributed by atoms with Crippen molar-refractivity contribution in [2.45, 2.75) is 25.9 Å². The maximum absolute atomic E-state index is 10.6. The average Bonchev–Trinajstić information content (AvgIpc) is 2.43. The third kappa shape index (κ3) is 5.80. The number of hydrogen-bond acceptors (Lipinski definition) is 3. The second-order valence-corrected chi connectivity index (χ2v) is 5.90. The molecular weight excluding hydrogens is 270 g/mol. The van der Waals surface area contributed by atoms with Crippen molar-refractivity contribution < 1.29 is 9.90 Å². The normalized spacial score (nSPS) is 13.0. The van der Waals surface area contributed by atoms with Gasteiger partial charge in [-0.2, -0.15) is 11.8 Å². The molecule has 20 heavy (non-hydrogen) atoms. The van der Waals surface area contributed by atoms with Crippen molar-refractivity contribution in [1.29, 1.82) is 0 Å². The fourth-order valence-electron chi connectivity index (χ4n) is 1.94. The highest BCUT2D eigenvalue weighted by Gasteiger charge is 2.10. The third-order valence-corrected chi connectivity index (χ3v) is 4.02. The molecule has 0 heterocycles. The molecule has 0 radical (unpaired) electrons. The Balaban J connectivity index is 2.74. The molecular formula is C16H23NO2S. The fraction of sp³-hybridized carbons (Fsp3) is 0.438. The van der Waals surface area contributed by atoms with E-state index in [1.165, 1.54) is 6.08 Å². The van der Waals surface area contributed by atoms with Crippen LogP contribution in [0.15, 0.2) is 30.3 Å². The monoisotopic (exact) mass is 293 g/mol. The second kappa shape index (κ2) is 8.82. The molecule has 0 bridgehead atoms. The molecule has 1 N–H and O–H groups in total. The Morgan fingerprint density at radius 1 is 1.45 bits per heavy atom. The van der Waals surface area contributed by atoms with Gasteiger partial charge in [0, 0.05) is 18.7 Å². The van der Waals surface area contributed by atoms with E-state index in [0.717, 1.165) is 29.8 Å². The lowest BCUT2D eigenvalue weighted by molar-refractivity contribution is -0.131. The molecule has 3 nitrogen and oxygen atoms in total. The predicted octanol–water partition coefficient (Wildman–Crippen LogP) is 3.36. The van der Waals surface area contributed by atoms with Gasteiger partial charge in [-0.1, -0.05) is 24.3 Å². The van der Waals surface area contributed by atoms with Crippen molar-refractivity contribution in [2.75, 3.05) is 19.1 Å². The number of rotatable bonds is 8. The first kappa shape index (κ1) is 16.8. The molecule has 0 saturated carbocycles. The lowest BCUT2D eigenvalue weighted by Crippen LogP contribution is -2.29. The summed E-state index contributed by atoms with van der Waals surface area (Å²) in [7, 11) is 2.11. The second-order valence-electron chi connectivity index (χ2n) is 4.92.